The first-order valence-electron chi connectivity index (χ1n) is 7.39. The van der Waals surface area contributed by atoms with Crippen molar-refractivity contribution in [2.75, 3.05) is 33.2 Å². The molecule has 1 saturated carbocycles. The highest BCUT2D eigenvalue weighted by Crippen LogP contribution is 2.28. The summed E-state index contributed by atoms with van der Waals surface area (Å²) in [5.74, 6) is 1.82. The fourth-order valence-electron chi connectivity index (χ4n) is 1.75. The number of hydrogen-bond acceptors (Lipinski definition) is 2. The Hall–Kier alpha value is -0.0400. The molecule has 0 heterocycles. The molecule has 0 bridgehead atoms. The number of rotatable bonds is 8. The number of hydrogen-bond donors (Lipinski definition) is 2. The molecule has 1 aliphatic carbocycles. The Morgan fingerprint density at radius 2 is 2.00 bits per heavy atom. The molecular formula is C14H31IN4. The summed E-state index contributed by atoms with van der Waals surface area (Å²) < 4.78 is 0. The van der Waals surface area contributed by atoms with Gasteiger partial charge in [-0.25, -0.2) is 0 Å². The van der Waals surface area contributed by atoms with E-state index in [1.165, 1.54) is 19.3 Å². The molecule has 0 amide bonds. The van der Waals surface area contributed by atoms with Crippen LogP contribution in [0, 0.1) is 5.92 Å². The van der Waals surface area contributed by atoms with E-state index in [9.17, 15) is 0 Å². The topological polar surface area (TPSA) is 39.7 Å². The van der Waals surface area contributed by atoms with Crippen LogP contribution in [0.15, 0.2) is 4.99 Å². The summed E-state index contributed by atoms with van der Waals surface area (Å²) in [4.78, 5) is 7.00. The van der Waals surface area contributed by atoms with Gasteiger partial charge in [-0.3, -0.25) is 4.99 Å². The van der Waals surface area contributed by atoms with Crippen LogP contribution in [-0.4, -0.2) is 50.1 Å². The summed E-state index contributed by atoms with van der Waals surface area (Å²) in [7, 11) is 2.18. The van der Waals surface area contributed by atoms with Crippen molar-refractivity contribution in [3.05, 3.63) is 0 Å². The van der Waals surface area contributed by atoms with Gasteiger partial charge in [0.1, 0.15) is 0 Å². The minimum Gasteiger partial charge on any atom is -0.357 e. The third-order valence-electron chi connectivity index (χ3n) is 3.65. The predicted octanol–water partition coefficient (Wildman–Crippen LogP) is 2.30. The van der Waals surface area contributed by atoms with Crippen molar-refractivity contribution in [3.8, 4) is 0 Å². The molecule has 19 heavy (non-hydrogen) atoms. The minimum absolute atomic E-state index is 0. The molecule has 114 valence electrons. The van der Waals surface area contributed by atoms with E-state index in [2.05, 4.69) is 48.3 Å². The fraction of sp³-hybridized carbons (Fsp3) is 0.929. The largest absolute Gasteiger partial charge is 0.357 e. The summed E-state index contributed by atoms with van der Waals surface area (Å²) in [5.41, 5.74) is 0. The van der Waals surface area contributed by atoms with Gasteiger partial charge < -0.3 is 15.5 Å². The van der Waals surface area contributed by atoms with Gasteiger partial charge in [0.25, 0.3) is 0 Å². The Labute approximate surface area is 135 Å². The van der Waals surface area contributed by atoms with Gasteiger partial charge in [0.2, 0.25) is 0 Å². The van der Waals surface area contributed by atoms with Crippen LogP contribution in [0.1, 0.15) is 40.0 Å². The Morgan fingerprint density at radius 3 is 2.53 bits per heavy atom. The van der Waals surface area contributed by atoms with Crippen molar-refractivity contribution in [3.63, 3.8) is 0 Å². The van der Waals surface area contributed by atoms with Crippen LogP contribution in [-0.2, 0) is 0 Å². The van der Waals surface area contributed by atoms with Gasteiger partial charge >= 0.3 is 0 Å². The Bertz CT molecular complexity index is 254. The van der Waals surface area contributed by atoms with E-state index in [1.807, 2.05) is 0 Å². The number of likely N-dealkylation sites (N-methyl/N-ethyl adjacent to an activating group) is 1. The van der Waals surface area contributed by atoms with E-state index in [4.69, 9.17) is 0 Å². The molecule has 0 aromatic rings. The molecule has 4 nitrogen and oxygen atoms in total. The van der Waals surface area contributed by atoms with Crippen molar-refractivity contribution in [1.82, 2.24) is 15.5 Å². The molecule has 0 spiro atoms. The molecule has 1 atom stereocenters. The van der Waals surface area contributed by atoms with Crippen LogP contribution in [0.3, 0.4) is 0 Å². The number of nitrogens with zero attached hydrogens (tertiary/aromatic N) is 2. The summed E-state index contributed by atoms with van der Waals surface area (Å²) in [5, 5.41) is 6.71. The zero-order chi connectivity index (χ0) is 13.4. The second-order valence-corrected chi connectivity index (χ2v) is 5.33. The molecule has 1 rings (SSSR count). The smallest absolute Gasteiger partial charge is 0.191 e. The molecule has 0 aromatic carbocycles. The normalized spacial score (nSPS) is 17.0. The SMILES string of the molecule is CCNC(=NCC1CC1)NCCN(C)C(C)CC.I. The predicted molar refractivity (Wildman–Crippen MR) is 94.5 cm³/mol. The van der Waals surface area contributed by atoms with E-state index >= 15 is 0 Å². The Balaban J connectivity index is 0.00000324. The molecule has 0 saturated heterocycles. The van der Waals surface area contributed by atoms with Gasteiger partial charge in [-0.05, 0) is 46.1 Å². The van der Waals surface area contributed by atoms with Crippen LogP contribution >= 0.6 is 24.0 Å². The number of guanidine groups is 1. The van der Waals surface area contributed by atoms with Gasteiger partial charge in [-0.15, -0.1) is 24.0 Å². The molecule has 2 N–H and O–H groups in total. The zero-order valence-electron chi connectivity index (χ0n) is 12.9. The van der Waals surface area contributed by atoms with Crippen molar-refractivity contribution < 1.29 is 0 Å². The molecular weight excluding hydrogens is 351 g/mol. The van der Waals surface area contributed by atoms with Crippen molar-refractivity contribution in [1.29, 1.82) is 0 Å². The van der Waals surface area contributed by atoms with E-state index in [1.54, 1.807) is 0 Å². The Morgan fingerprint density at radius 1 is 1.32 bits per heavy atom. The van der Waals surface area contributed by atoms with E-state index < -0.39 is 0 Å². The monoisotopic (exact) mass is 382 g/mol. The summed E-state index contributed by atoms with van der Waals surface area (Å²) in [6, 6.07) is 0.651. The van der Waals surface area contributed by atoms with Gasteiger partial charge in [0.15, 0.2) is 5.96 Å². The van der Waals surface area contributed by atoms with Crippen molar-refractivity contribution in [2.45, 2.75) is 46.1 Å². The highest BCUT2D eigenvalue weighted by molar-refractivity contribution is 14.0. The van der Waals surface area contributed by atoms with Gasteiger partial charge in [0, 0.05) is 32.2 Å². The second-order valence-electron chi connectivity index (χ2n) is 5.33. The summed E-state index contributed by atoms with van der Waals surface area (Å²) in [6.07, 6.45) is 3.92. The Kier molecular flexibility index (Phi) is 10.7. The average molecular weight is 382 g/mol. The standard InChI is InChI=1S/C14H30N4.HI/c1-5-12(3)18(4)10-9-16-14(15-6-2)17-11-13-7-8-13;/h12-13H,5-11H2,1-4H3,(H2,15,16,17);1H. The van der Waals surface area contributed by atoms with Crippen molar-refractivity contribution in [2.24, 2.45) is 10.9 Å². The van der Waals surface area contributed by atoms with Crippen LogP contribution in [0.4, 0.5) is 0 Å². The lowest BCUT2D eigenvalue weighted by Crippen LogP contribution is -2.42. The third kappa shape index (κ3) is 8.68. The second kappa shape index (κ2) is 10.7. The maximum Gasteiger partial charge on any atom is 0.191 e. The highest BCUT2D eigenvalue weighted by Gasteiger charge is 2.20. The van der Waals surface area contributed by atoms with E-state index in [-0.39, 0.29) is 24.0 Å². The molecule has 1 fully saturated rings. The first kappa shape index (κ1) is 19.0. The van der Waals surface area contributed by atoms with Crippen LogP contribution in [0.2, 0.25) is 0 Å². The molecule has 1 unspecified atom stereocenters. The number of halogens is 1. The number of aliphatic imine (C=N–C) groups is 1. The van der Waals surface area contributed by atoms with E-state index in [0.29, 0.717) is 6.04 Å². The molecule has 0 aliphatic heterocycles. The minimum atomic E-state index is 0. The van der Waals surface area contributed by atoms with Crippen LogP contribution in [0.25, 0.3) is 0 Å². The first-order chi connectivity index (χ1) is 8.67. The zero-order valence-corrected chi connectivity index (χ0v) is 15.2. The van der Waals surface area contributed by atoms with Gasteiger partial charge in [-0.1, -0.05) is 6.92 Å². The highest BCUT2D eigenvalue weighted by atomic mass is 127. The maximum absolute atomic E-state index is 4.61. The molecule has 1 aliphatic rings. The molecule has 5 heteroatoms. The van der Waals surface area contributed by atoms with Crippen molar-refractivity contribution >= 4 is 29.9 Å². The molecule has 0 radical (unpaired) electrons. The quantitative estimate of drug-likeness (QED) is 0.385. The van der Waals surface area contributed by atoms with Gasteiger partial charge in [-0.2, -0.15) is 0 Å². The first-order valence-corrected chi connectivity index (χ1v) is 7.39. The fourth-order valence-corrected chi connectivity index (χ4v) is 1.75. The maximum atomic E-state index is 4.61. The summed E-state index contributed by atoms with van der Waals surface area (Å²) >= 11 is 0. The lowest BCUT2D eigenvalue weighted by Gasteiger charge is -2.23. The molecule has 0 aromatic heterocycles. The van der Waals surface area contributed by atoms with Gasteiger partial charge in [0.05, 0.1) is 0 Å². The lowest BCUT2D eigenvalue weighted by molar-refractivity contribution is 0.255. The average Bonchev–Trinajstić information content (AvgIpc) is 3.18. The van der Waals surface area contributed by atoms with Crippen LogP contribution in [0.5, 0.6) is 0 Å². The van der Waals surface area contributed by atoms with Crippen LogP contribution < -0.4 is 10.6 Å². The third-order valence-corrected chi connectivity index (χ3v) is 3.65. The summed E-state index contributed by atoms with van der Waals surface area (Å²) in [6.45, 7) is 10.5. The number of nitrogens with one attached hydrogen (secondary N) is 2. The lowest BCUT2D eigenvalue weighted by atomic mass is 10.2. The van der Waals surface area contributed by atoms with E-state index in [0.717, 1.165) is 38.1 Å².